The highest BCUT2D eigenvalue weighted by atomic mass is 35.5. The molecule has 104 valence electrons. The molecular weight excluding hydrogens is 266 g/mol. The minimum Gasteiger partial charge on any atom is -0.491 e. The number of nitrogens with zero attached hydrogens (tertiary/aromatic N) is 1. The number of carbonyl (C=O) groups is 1. The average Bonchev–Trinajstić information content (AvgIpc) is 2.81. The van der Waals surface area contributed by atoms with E-state index in [1.165, 1.54) is 0 Å². The van der Waals surface area contributed by atoms with E-state index in [1.807, 2.05) is 24.3 Å². The van der Waals surface area contributed by atoms with E-state index in [2.05, 4.69) is 0 Å². The molecule has 0 N–H and O–H groups in total. The molecule has 1 amide bonds. The number of carbonyl (C=O) groups excluding carboxylic acids is 1. The zero-order valence-electron chi connectivity index (χ0n) is 11.0. The van der Waals surface area contributed by atoms with Crippen LogP contribution in [-0.4, -0.2) is 38.7 Å². The zero-order valence-corrected chi connectivity index (χ0v) is 11.7. The van der Waals surface area contributed by atoms with Crippen LogP contribution in [-0.2, 0) is 9.53 Å². The summed E-state index contributed by atoms with van der Waals surface area (Å²) in [6, 6.07) is 7.53. The van der Waals surface area contributed by atoms with Gasteiger partial charge in [0.1, 0.15) is 12.4 Å². The minimum absolute atomic E-state index is 0.138. The molecule has 0 spiro atoms. The van der Waals surface area contributed by atoms with Gasteiger partial charge in [-0.1, -0.05) is 0 Å². The van der Waals surface area contributed by atoms with Crippen LogP contribution in [0.25, 0.3) is 0 Å². The monoisotopic (exact) mass is 283 g/mol. The van der Waals surface area contributed by atoms with Crippen molar-refractivity contribution in [2.24, 2.45) is 5.92 Å². The fourth-order valence-electron chi connectivity index (χ4n) is 2.10. The van der Waals surface area contributed by atoms with Crippen LogP contribution in [0.5, 0.6) is 5.75 Å². The summed E-state index contributed by atoms with van der Waals surface area (Å²) in [6.07, 6.45) is 0.537. The smallest absolute Gasteiger partial charge is 0.227 e. The summed E-state index contributed by atoms with van der Waals surface area (Å²) in [7, 11) is 1.64. The van der Waals surface area contributed by atoms with Gasteiger partial charge in [-0.2, -0.15) is 0 Å². The minimum atomic E-state index is 0.138. The Hall–Kier alpha value is -1.26. The fourth-order valence-corrected chi connectivity index (χ4v) is 2.31. The highest BCUT2D eigenvalue weighted by molar-refractivity contribution is 6.18. The average molecular weight is 284 g/mol. The number of halogens is 1. The third kappa shape index (κ3) is 3.61. The van der Waals surface area contributed by atoms with Crippen LogP contribution in [0.1, 0.15) is 6.42 Å². The van der Waals surface area contributed by atoms with Crippen LogP contribution < -0.4 is 9.64 Å². The Morgan fingerprint density at radius 3 is 2.63 bits per heavy atom. The molecule has 1 heterocycles. The fraction of sp³-hybridized carbons (Fsp3) is 0.500. The van der Waals surface area contributed by atoms with Crippen LogP contribution in [0, 0.1) is 5.92 Å². The zero-order chi connectivity index (χ0) is 13.7. The Labute approximate surface area is 118 Å². The number of methoxy groups -OCH3 is 1. The lowest BCUT2D eigenvalue weighted by Gasteiger charge is -2.17. The first-order valence-corrected chi connectivity index (χ1v) is 6.86. The van der Waals surface area contributed by atoms with Crippen LogP contribution in [0.4, 0.5) is 5.69 Å². The summed E-state index contributed by atoms with van der Waals surface area (Å²) in [5.74, 6) is 1.70. The molecule has 19 heavy (non-hydrogen) atoms. The van der Waals surface area contributed by atoms with Crippen molar-refractivity contribution in [2.45, 2.75) is 6.42 Å². The second-order valence-corrected chi connectivity index (χ2v) is 4.87. The van der Waals surface area contributed by atoms with Crippen molar-refractivity contribution in [2.75, 3.05) is 37.6 Å². The summed E-state index contributed by atoms with van der Waals surface area (Å²) in [4.78, 5) is 13.6. The van der Waals surface area contributed by atoms with Crippen LogP contribution in [0.15, 0.2) is 24.3 Å². The number of ether oxygens (including phenoxy) is 2. The first-order valence-electron chi connectivity index (χ1n) is 6.32. The largest absolute Gasteiger partial charge is 0.491 e. The number of alkyl halides is 1. The van der Waals surface area contributed by atoms with Gasteiger partial charge in [-0.3, -0.25) is 4.79 Å². The second kappa shape index (κ2) is 6.78. The van der Waals surface area contributed by atoms with E-state index in [9.17, 15) is 4.79 Å². The maximum atomic E-state index is 11.9. The van der Waals surface area contributed by atoms with Crippen molar-refractivity contribution in [3.05, 3.63) is 24.3 Å². The van der Waals surface area contributed by atoms with E-state index < -0.39 is 0 Å². The Kier molecular flexibility index (Phi) is 5.05. The van der Waals surface area contributed by atoms with Crippen molar-refractivity contribution in [1.29, 1.82) is 0 Å². The summed E-state index contributed by atoms with van der Waals surface area (Å²) < 4.78 is 10.4. The number of rotatable bonds is 6. The molecule has 4 nitrogen and oxygen atoms in total. The first kappa shape index (κ1) is 14.2. The molecule has 0 aliphatic carbocycles. The Balaban J connectivity index is 1.96. The summed E-state index contributed by atoms with van der Waals surface area (Å²) >= 11 is 5.81. The molecule has 1 aromatic rings. The van der Waals surface area contributed by atoms with Gasteiger partial charge in [0, 0.05) is 31.6 Å². The second-order valence-electron chi connectivity index (χ2n) is 4.56. The molecule has 0 radical (unpaired) electrons. The van der Waals surface area contributed by atoms with Gasteiger partial charge in [0.05, 0.1) is 6.61 Å². The van der Waals surface area contributed by atoms with E-state index in [0.29, 0.717) is 32.1 Å². The van der Waals surface area contributed by atoms with Crippen LogP contribution in [0.3, 0.4) is 0 Å². The van der Waals surface area contributed by atoms with E-state index in [0.717, 1.165) is 11.4 Å². The highest BCUT2D eigenvalue weighted by Crippen LogP contribution is 2.27. The molecule has 1 aromatic carbocycles. The molecule has 5 heteroatoms. The molecule has 1 aliphatic rings. The van der Waals surface area contributed by atoms with Crippen molar-refractivity contribution in [3.8, 4) is 5.75 Å². The van der Waals surface area contributed by atoms with Gasteiger partial charge in [0.25, 0.3) is 0 Å². The molecule has 1 unspecified atom stereocenters. The number of hydrogen-bond acceptors (Lipinski definition) is 3. The SMILES string of the molecule is COCCOc1ccc(N2CC(CCl)CC2=O)cc1. The van der Waals surface area contributed by atoms with Crippen molar-refractivity contribution < 1.29 is 14.3 Å². The highest BCUT2D eigenvalue weighted by Gasteiger charge is 2.29. The van der Waals surface area contributed by atoms with Crippen molar-refractivity contribution in [1.82, 2.24) is 0 Å². The molecule has 1 saturated heterocycles. The Bertz CT molecular complexity index is 421. The molecule has 2 rings (SSSR count). The van der Waals surface area contributed by atoms with Crippen LogP contribution in [0.2, 0.25) is 0 Å². The molecular formula is C14H18ClNO3. The van der Waals surface area contributed by atoms with E-state index >= 15 is 0 Å². The van der Waals surface area contributed by atoms with Gasteiger partial charge in [-0.25, -0.2) is 0 Å². The Morgan fingerprint density at radius 1 is 1.32 bits per heavy atom. The number of amides is 1. The lowest BCUT2D eigenvalue weighted by molar-refractivity contribution is -0.117. The lowest BCUT2D eigenvalue weighted by atomic mass is 10.1. The lowest BCUT2D eigenvalue weighted by Crippen LogP contribution is -2.24. The molecule has 1 atom stereocenters. The van der Waals surface area contributed by atoms with E-state index in [4.69, 9.17) is 21.1 Å². The van der Waals surface area contributed by atoms with E-state index in [-0.39, 0.29) is 11.8 Å². The normalized spacial score (nSPS) is 18.9. The Morgan fingerprint density at radius 2 is 2.05 bits per heavy atom. The molecule has 1 aliphatic heterocycles. The summed E-state index contributed by atoms with van der Waals surface area (Å²) in [5, 5.41) is 0. The summed E-state index contributed by atoms with van der Waals surface area (Å²) in [5.41, 5.74) is 0.900. The maximum absolute atomic E-state index is 11.9. The molecule has 0 saturated carbocycles. The molecule has 1 fully saturated rings. The first-order chi connectivity index (χ1) is 9.24. The van der Waals surface area contributed by atoms with Gasteiger partial charge in [-0.15, -0.1) is 11.6 Å². The number of hydrogen-bond donors (Lipinski definition) is 0. The van der Waals surface area contributed by atoms with Gasteiger partial charge in [0.2, 0.25) is 5.91 Å². The van der Waals surface area contributed by atoms with Crippen LogP contribution >= 0.6 is 11.6 Å². The third-order valence-electron chi connectivity index (χ3n) is 3.13. The standard InChI is InChI=1S/C14H18ClNO3/c1-18-6-7-19-13-4-2-12(3-5-13)16-10-11(9-15)8-14(16)17/h2-5,11H,6-10H2,1H3. The molecule has 0 aromatic heterocycles. The van der Waals surface area contributed by atoms with Gasteiger partial charge in [0.15, 0.2) is 0 Å². The molecule has 0 bridgehead atoms. The van der Waals surface area contributed by atoms with Crippen molar-refractivity contribution >= 4 is 23.2 Å². The predicted octanol–water partition coefficient (Wildman–Crippen LogP) is 2.30. The van der Waals surface area contributed by atoms with Crippen molar-refractivity contribution in [3.63, 3.8) is 0 Å². The third-order valence-corrected chi connectivity index (χ3v) is 3.56. The summed E-state index contributed by atoms with van der Waals surface area (Å²) in [6.45, 7) is 1.78. The predicted molar refractivity (Wildman–Crippen MR) is 75.0 cm³/mol. The van der Waals surface area contributed by atoms with E-state index in [1.54, 1.807) is 12.0 Å². The van der Waals surface area contributed by atoms with Gasteiger partial charge >= 0.3 is 0 Å². The quantitative estimate of drug-likeness (QED) is 0.594. The topological polar surface area (TPSA) is 38.8 Å². The van der Waals surface area contributed by atoms with Gasteiger partial charge in [-0.05, 0) is 30.2 Å². The maximum Gasteiger partial charge on any atom is 0.227 e. The number of benzene rings is 1. The van der Waals surface area contributed by atoms with Gasteiger partial charge < -0.3 is 14.4 Å². The number of anilines is 1.